The summed E-state index contributed by atoms with van der Waals surface area (Å²) in [7, 11) is 1.64. The third-order valence-corrected chi connectivity index (χ3v) is 4.03. The van der Waals surface area contributed by atoms with Crippen molar-refractivity contribution in [3.63, 3.8) is 0 Å². The summed E-state index contributed by atoms with van der Waals surface area (Å²) in [5.74, 6) is -4.02. The molecule has 0 spiro atoms. The standard InChI is InChI=1S/C15H21F2N3O2/c1-9-6-15(16,17)8-20(12(9)7-21)14(22)13-11(18-3)5-4-10(2)19-13/h4-5,9,12,18,21H,6-8H2,1-3H3. The number of piperidine rings is 1. The minimum Gasteiger partial charge on any atom is -0.394 e. The molecule has 2 N–H and O–H groups in total. The number of pyridine rings is 1. The number of carbonyl (C=O) groups is 1. The summed E-state index contributed by atoms with van der Waals surface area (Å²) in [5.41, 5.74) is 1.21. The first kappa shape index (κ1) is 16.6. The SMILES string of the molecule is CNc1ccc(C)nc1C(=O)N1CC(F)(F)CC(C)C1CO. The second-order valence-corrected chi connectivity index (χ2v) is 5.82. The van der Waals surface area contributed by atoms with E-state index >= 15 is 0 Å². The van der Waals surface area contributed by atoms with Crippen LogP contribution in [0, 0.1) is 12.8 Å². The molecule has 122 valence electrons. The lowest BCUT2D eigenvalue weighted by molar-refractivity contribution is -0.0992. The Labute approximate surface area is 128 Å². The van der Waals surface area contributed by atoms with Crippen LogP contribution in [-0.4, -0.2) is 53.1 Å². The quantitative estimate of drug-likeness (QED) is 0.895. The fraction of sp³-hybridized carbons (Fsp3) is 0.600. The van der Waals surface area contributed by atoms with Crippen LogP contribution in [0.5, 0.6) is 0 Å². The summed E-state index contributed by atoms with van der Waals surface area (Å²) in [4.78, 5) is 17.9. The van der Waals surface area contributed by atoms with E-state index in [4.69, 9.17) is 0 Å². The maximum absolute atomic E-state index is 13.8. The molecule has 0 aromatic carbocycles. The average Bonchev–Trinajstić information content (AvgIpc) is 2.44. The van der Waals surface area contributed by atoms with E-state index in [1.807, 2.05) is 0 Å². The lowest BCUT2D eigenvalue weighted by atomic mass is 9.88. The molecule has 1 aromatic heterocycles. The van der Waals surface area contributed by atoms with Crippen LogP contribution < -0.4 is 5.32 Å². The number of aliphatic hydroxyl groups excluding tert-OH is 1. The van der Waals surface area contributed by atoms with Crippen LogP contribution in [0.4, 0.5) is 14.5 Å². The largest absolute Gasteiger partial charge is 0.394 e. The number of likely N-dealkylation sites (tertiary alicyclic amines) is 1. The van der Waals surface area contributed by atoms with Crippen molar-refractivity contribution in [3.05, 3.63) is 23.5 Å². The third-order valence-electron chi connectivity index (χ3n) is 4.03. The number of aliphatic hydroxyl groups is 1. The molecule has 0 saturated carbocycles. The maximum atomic E-state index is 13.8. The van der Waals surface area contributed by atoms with Crippen molar-refractivity contribution >= 4 is 11.6 Å². The molecular formula is C15H21F2N3O2. The second-order valence-electron chi connectivity index (χ2n) is 5.82. The Morgan fingerprint density at radius 1 is 1.55 bits per heavy atom. The fourth-order valence-electron chi connectivity index (χ4n) is 2.90. The van der Waals surface area contributed by atoms with Gasteiger partial charge < -0.3 is 15.3 Å². The number of aromatic nitrogens is 1. The third kappa shape index (κ3) is 3.19. The average molecular weight is 313 g/mol. The van der Waals surface area contributed by atoms with E-state index in [1.54, 1.807) is 33.0 Å². The highest BCUT2D eigenvalue weighted by molar-refractivity contribution is 5.98. The van der Waals surface area contributed by atoms with Crippen molar-refractivity contribution in [2.24, 2.45) is 5.92 Å². The number of halogens is 2. The predicted octanol–water partition coefficient (Wildman–Crippen LogP) is 1.91. The number of aryl methyl sites for hydroxylation is 1. The number of nitrogens with one attached hydrogen (secondary N) is 1. The van der Waals surface area contributed by atoms with E-state index in [9.17, 15) is 18.7 Å². The van der Waals surface area contributed by atoms with Gasteiger partial charge in [0.1, 0.15) is 0 Å². The van der Waals surface area contributed by atoms with E-state index in [-0.39, 0.29) is 18.7 Å². The lowest BCUT2D eigenvalue weighted by Crippen LogP contribution is -2.56. The molecule has 1 saturated heterocycles. The van der Waals surface area contributed by atoms with Gasteiger partial charge >= 0.3 is 0 Å². The normalized spacial score (nSPS) is 24.2. The van der Waals surface area contributed by atoms with E-state index in [2.05, 4.69) is 10.3 Å². The Bertz CT molecular complexity index is 566. The molecule has 22 heavy (non-hydrogen) atoms. The van der Waals surface area contributed by atoms with Gasteiger partial charge in [-0.1, -0.05) is 6.92 Å². The number of carbonyl (C=O) groups excluding carboxylic acids is 1. The Hall–Kier alpha value is -1.76. The number of hydrogen-bond donors (Lipinski definition) is 2. The van der Waals surface area contributed by atoms with Crippen LogP contribution >= 0.6 is 0 Å². The first-order chi connectivity index (χ1) is 10.3. The number of hydrogen-bond acceptors (Lipinski definition) is 4. The Morgan fingerprint density at radius 3 is 2.82 bits per heavy atom. The van der Waals surface area contributed by atoms with Crippen molar-refractivity contribution in [1.82, 2.24) is 9.88 Å². The fourth-order valence-corrected chi connectivity index (χ4v) is 2.90. The number of rotatable bonds is 3. The highest BCUT2D eigenvalue weighted by Gasteiger charge is 2.46. The van der Waals surface area contributed by atoms with Crippen LogP contribution in [0.15, 0.2) is 12.1 Å². The highest BCUT2D eigenvalue weighted by Crippen LogP contribution is 2.35. The van der Waals surface area contributed by atoms with Gasteiger partial charge in [0.05, 0.1) is 24.9 Å². The van der Waals surface area contributed by atoms with Gasteiger partial charge in [0, 0.05) is 19.2 Å². The van der Waals surface area contributed by atoms with Gasteiger partial charge in [-0.3, -0.25) is 4.79 Å². The van der Waals surface area contributed by atoms with E-state index in [0.717, 1.165) is 4.90 Å². The van der Waals surface area contributed by atoms with Crippen molar-refractivity contribution in [2.75, 3.05) is 25.5 Å². The number of amides is 1. The Morgan fingerprint density at radius 2 is 2.23 bits per heavy atom. The van der Waals surface area contributed by atoms with Crippen molar-refractivity contribution in [2.45, 2.75) is 32.2 Å². The molecule has 1 aliphatic heterocycles. The van der Waals surface area contributed by atoms with Gasteiger partial charge in [-0.05, 0) is 25.0 Å². The van der Waals surface area contributed by atoms with Gasteiger partial charge in [-0.2, -0.15) is 0 Å². The molecular weight excluding hydrogens is 292 g/mol. The smallest absolute Gasteiger partial charge is 0.275 e. The van der Waals surface area contributed by atoms with E-state index in [1.165, 1.54) is 0 Å². The molecule has 0 aliphatic carbocycles. The zero-order valence-corrected chi connectivity index (χ0v) is 12.9. The highest BCUT2D eigenvalue weighted by atomic mass is 19.3. The molecule has 1 amide bonds. The number of alkyl halides is 2. The zero-order valence-electron chi connectivity index (χ0n) is 12.9. The zero-order chi connectivity index (χ0) is 16.5. The summed E-state index contributed by atoms with van der Waals surface area (Å²) < 4.78 is 27.7. The monoisotopic (exact) mass is 313 g/mol. The van der Waals surface area contributed by atoms with Crippen LogP contribution in [0.1, 0.15) is 29.5 Å². The van der Waals surface area contributed by atoms with Crippen LogP contribution in [0.2, 0.25) is 0 Å². The molecule has 1 aliphatic rings. The number of anilines is 1. The van der Waals surface area contributed by atoms with Crippen molar-refractivity contribution in [3.8, 4) is 0 Å². The molecule has 5 nitrogen and oxygen atoms in total. The van der Waals surface area contributed by atoms with E-state index < -0.39 is 30.3 Å². The minimum absolute atomic E-state index is 0.103. The van der Waals surface area contributed by atoms with Gasteiger partial charge in [0.25, 0.3) is 11.8 Å². The summed E-state index contributed by atoms with van der Waals surface area (Å²) >= 11 is 0. The van der Waals surface area contributed by atoms with Crippen LogP contribution in [0.25, 0.3) is 0 Å². The molecule has 0 bridgehead atoms. The van der Waals surface area contributed by atoms with Crippen molar-refractivity contribution in [1.29, 1.82) is 0 Å². The molecule has 2 atom stereocenters. The van der Waals surface area contributed by atoms with Gasteiger partial charge in [0.2, 0.25) is 0 Å². The first-order valence-corrected chi connectivity index (χ1v) is 7.24. The lowest BCUT2D eigenvalue weighted by Gasteiger charge is -2.42. The van der Waals surface area contributed by atoms with Crippen LogP contribution in [-0.2, 0) is 0 Å². The minimum atomic E-state index is -2.95. The molecule has 2 unspecified atom stereocenters. The first-order valence-electron chi connectivity index (χ1n) is 7.24. The second kappa shape index (κ2) is 6.16. The maximum Gasteiger partial charge on any atom is 0.275 e. The molecule has 1 aromatic rings. The van der Waals surface area contributed by atoms with Crippen molar-refractivity contribution < 1.29 is 18.7 Å². The summed E-state index contributed by atoms with van der Waals surface area (Å²) in [5, 5.41) is 12.4. The topological polar surface area (TPSA) is 65.5 Å². The van der Waals surface area contributed by atoms with Gasteiger partial charge in [-0.15, -0.1) is 0 Å². The Kier molecular flexibility index (Phi) is 4.65. The van der Waals surface area contributed by atoms with Crippen LogP contribution in [0.3, 0.4) is 0 Å². The molecule has 7 heteroatoms. The molecule has 2 rings (SSSR count). The van der Waals surface area contributed by atoms with Gasteiger partial charge in [-0.25, -0.2) is 13.8 Å². The summed E-state index contributed by atoms with van der Waals surface area (Å²) in [6.45, 7) is 2.31. The molecule has 1 fully saturated rings. The number of nitrogens with zero attached hydrogens (tertiary/aromatic N) is 2. The summed E-state index contributed by atoms with van der Waals surface area (Å²) in [6, 6.07) is 2.80. The predicted molar refractivity (Wildman–Crippen MR) is 79.2 cm³/mol. The summed E-state index contributed by atoms with van der Waals surface area (Å²) in [6.07, 6.45) is -0.331. The molecule has 0 radical (unpaired) electrons. The van der Waals surface area contributed by atoms with E-state index in [0.29, 0.717) is 11.4 Å². The Balaban J connectivity index is 2.39. The molecule has 2 heterocycles. The van der Waals surface area contributed by atoms with Gasteiger partial charge in [0.15, 0.2) is 5.69 Å².